The summed E-state index contributed by atoms with van der Waals surface area (Å²) in [5.74, 6) is 0.594. The van der Waals surface area contributed by atoms with Gasteiger partial charge in [0.05, 0.1) is 10.7 Å². The zero-order chi connectivity index (χ0) is 22.1. The van der Waals surface area contributed by atoms with Crippen LogP contribution in [-0.2, 0) is 13.7 Å². The van der Waals surface area contributed by atoms with Gasteiger partial charge in [-0.3, -0.25) is 4.98 Å². The first kappa shape index (κ1) is 20.8. The van der Waals surface area contributed by atoms with E-state index in [4.69, 9.17) is 16.3 Å². The third-order valence-corrected chi connectivity index (χ3v) is 5.39. The summed E-state index contributed by atoms with van der Waals surface area (Å²) in [6.07, 6.45) is 1.81. The Kier molecular flexibility index (Phi) is 5.61. The van der Waals surface area contributed by atoms with E-state index in [0.29, 0.717) is 23.1 Å². The molecule has 8 heteroatoms. The van der Waals surface area contributed by atoms with Crippen molar-refractivity contribution in [3.8, 4) is 22.7 Å². The second kappa shape index (κ2) is 8.35. The van der Waals surface area contributed by atoms with Gasteiger partial charge >= 0.3 is 5.69 Å². The number of nitrogens with zero attached hydrogens (tertiary/aromatic N) is 5. The molecule has 4 rings (SSSR count). The van der Waals surface area contributed by atoms with Crippen LogP contribution in [0, 0.1) is 20.8 Å². The Labute approximate surface area is 184 Å². The lowest BCUT2D eigenvalue weighted by atomic mass is 10.0. The van der Waals surface area contributed by atoms with E-state index in [2.05, 4.69) is 15.4 Å². The molecular weight excluding hydrogens is 414 g/mol. The van der Waals surface area contributed by atoms with Crippen LogP contribution >= 0.6 is 11.6 Å². The predicted octanol–water partition coefficient (Wildman–Crippen LogP) is 4.19. The third kappa shape index (κ3) is 4.09. The Hall–Kier alpha value is -3.45. The topological polar surface area (TPSA) is 74.8 Å². The predicted molar refractivity (Wildman–Crippen MR) is 120 cm³/mol. The number of pyridine rings is 1. The Bertz CT molecular complexity index is 1330. The zero-order valence-corrected chi connectivity index (χ0v) is 18.5. The minimum atomic E-state index is -0.335. The summed E-state index contributed by atoms with van der Waals surface area (Å²) in [5, 5.41) is 8.36. The molecule has 2 aromatic heterocycles. The lowest BCUT2D eigenvalue weighted by Crippen LogP contribution is -2.22. The molecule has 0 amide bonds. The largest absolute Gasteiger partial charge is 0.486 e. The number of para-hydroxylation sites is 1. The number of benzene rings is 2. The molecule has 0 N–H and O–H groups in total. The van der Waals surface area contributed by atoms with Crippen molar-refractivity contribution in [2.45, 2.75) is 27.4 Å². The summed E-state index contributed by atoms with van der Waals surface area (Å²) in [6.45, 7) is 6.26. The van der Waals surface area contributed by atoms with Gasteiger partial charge in [-0.25, -0.2) is 4.79 Å². The Morgan fingerprint density at radius 2 is 1.84 bits per heavy atom. The molecule has 4 aromatic rings. The van der Waals surface area contributed by atoms with Gasteiger partial charge in [0.15, 0.2) is 0 Å². The molecule has 0 aliphatic carbocycles. The first-order valence-electron chi connectivity index (χ1n) is 9.79. The molecule has 7 nitrogen and oxygen atoms in total. The molecule has 31 heavy (non-hydrogen) atoms. The van der Waals surface area contributed by atoms with Crippen molar-refractivity contribution in [3.63, 3.8) is 0 Å². The van der Waals surface area contributed by atoms with Crippen LogP contribution in [0.1, 0.15) is 22.3 Å². The number of ether oxygens (including phenoxy) is 1. The summed E-state index contributed by atoms with van der Waals surface area (Å²) in [7, 11) is 1.56. The van der Waals surface area contributed by atoms with Crippen molar-refractivity contribution in [2.24, 2.45) is 7.05 Å². The van der Waals surface area contributed by atoms with Crippen molar-refractivity contribution < 1.29 is 4.74 Å². The number of aromatic nitrogens is 5. The molecule has 2 aromatic carbocycles. The normalized spacial score (nSPS) is 11.0. The third-order valence-electron chi connectivity index (χ3n) is 5.11. The van der Waals surface area contributed by atoms with Crippen LogP contribution in [0.3, 0.4) is 0 Å². The first-order valence-corrected chi connectivity index (χ1v) is 10.2. The highest BCUT2D eigenvalue weighted by atomic mass is 35.5. The highest BCUT2D eigenvalue weighted by Crippen LogP contribution is 2.30. The highest BCUT2D eigenvalue weighted by Gasteiger charge is 2.15. The summed E-state index contributed by atoms with van der Waals surface area (Å²) < 4.78 is 8.58. The summed E-state index contributed by atoms with van der Waals surface area (Å²) in [5.41, 5.74) is 5.93. The quantitative estimate of drug-likeness (QED) is 0.470. The van der Waals surface area contributed by atoms with Crippen LogP contribution in [0.25, 0.3) is 16.9 Å². The van der Waals surface area contributed by atoms with Gasteiger partial charge in [-0.2, -0.15) is 9.36 Å². The van der Waals surface area contributed by atoms with Gasteiger partial charge < -0.3 is 4.74 Å². The van der Waals surface area contributed by atoms with E-state index in [1.165, 1.54) is 9.36 Å². The van der Waals surface area contributed by atoms with Crippen LogP contribution in [0.15, 0.2) is 53.5 Å². The molecule has 2 heterocycles. The van der Waals surface area contributed by atoms with Gasteiger partial charge in [-0.15, -0.1) is 0 Å². The smallest absolute Gasteiger partial charge is 0.368 e. The molecule has 0 aliphatic heterocycles. The maximum absolute atomic E-state index is 12.3. The first-order chi connectivity index (χ1) is 14.8. The van der Waals surface area contributed by atoms with Gasteiger partial charge in [-0.1, -0.05) is 35.9 Å². The van der Waals surface area contributed by atoms with E-state index >= 15 is 0 Å². The Morgan fingerprint density at radius 3 is 2.52 bits per heavy atom. The van der Waals surface area contributed by atoms with Crippen LogP contribution in [-0.4, -0.2) is 24.8 Å². The molecule has 0 saturated heterocycles. The second-order valence-electron chi connectivity index (χ2n) is 7.49. The average Bonchev–Trinajstić information content (AvgIpc) is 3.06. The maximum atomic E-state index is 12.3. The fourth-order valence-electron chi connectivity index (χ4n) is 3.36. The van der Waals surface area contributed by atoms with E-state index < -0.39 is 0 Å². The van der Waals surface area contributed by atoms with Crippen LogP contribution < -0.4 is 10.4 Å². The van der Waals surface area contributed by atoms with Crippen molar-refractivity contribution in [2.75, 3.05) is 0 Å². The standard InChI is InChI=1S/C23H22ClN5O2/c1-14-10-19(24)21(25-12-14)17-8-9-18(16(3)11-17)13-31-22-15(2)6-5-7-20(22)29-23(30)28(4)26-27-29/h5-12H,13H2,1-4H3. The van der Waals surface area contributed by atoms with E-state index in [1.807, 2.05) is 63.4 Å². The summed E-state index contributed by atoms with van der Waals surface area (Å²) in [6, 6.07) is 13.5. The van der Waals surface area contributed by atoms with Gasteiger partial charge in [0, 0.05) is 18.8 Å². The molecule has 0 fully saturated rings. The van der Waals surface area contributed by atoms with Crippen molar-refractivity contribution in [3.05, 3.63) is 86.4 Å². The molecule has 0 atom stereocenters. The maximum Gasteiger partial charge on any atom is 0.368 e. The van der Waals surface area contributed by atoms with Crippen molar-refractivity contribution in [1.82, 2.24) is 24.8 Å². The molecule has 158 valence electrons. The number of rotatable bonds is 5. The van der Waals surface area contributed by atoms with Gasteiger partial charge in [0.1, 0.15) is 18.0 Å². The van der Waals surface area contributed by atoms with Crippen LogP contribution in [0.5, 0.6) is 5.75 Å². The highest BCUT2D eigenvalue weighted by molar-refractivity contribution is 6.33. The lowest BCUT2D eigenvalue weighted by Gasteiger charge is -2.15. The average molecular weight is 436 g/mol. The molecule has 0 radical (unpaired) electrons. The zero-order valence-electron chi connectivity index (χ0n) is 17.8. The van der Waals surface area contributed by atoms with Crippen LogP contribution in [0.4, 0.5) is 0 Å². The minimum absolute atomic E-state index is 0.335. The Morgan fingerprint density at radius 1 is 1.03 bits per heavy atom. The number of halogens is 1. The van der Waals surface area contributed by atoms with Crippen molar-refractivity contribution in [1.29, 1.82) is 0 Å². The molecule has 0 saturated carbocycles. The number of hydrogen-bond acceptors (Lipinski definition) is 5. The fourth-order valence-corrected chi connectivity index (χ4v) is 3.69. The number of hydrogen-bond donors (Lipinski definition) is 0. The molecule has 0 spiro atoms. The minimum Gasteiger partial charge on any atom is -0.486 e. The molecule has 0 aliphatic rings. The van der Waals surface area contributed by atoms with Crippen molar-refractivity contribution >= 4 is 11.6 Å². The summed E-state index contributed by atoms with van der Waals surface area (Å²) >= 11 is 6.38. The van der Waals surface area contributed by atoms with E-state index in [-0.39, 0.29) is 5.69 Å². The summed E-state index contributed by atoms with van der Waals surface area (Å²) in [4.78, 5) is 16.8. The van der Waals surface area contributed by atoms with E-state index in [1.54, 1.807) is 13.1 Å². The molecule has 0 bridgehead atoms. The van der Waals surface area contributed by atoms with Gasteiger partial charge in [0.2, 0.25) is 0 Å². The monoisotopic (exact) mass is 435 g/mol. The van der Waals surface area contributed by atoms with Gasteiger partial charge in [0.25, 0.3) is 0 Å². The van der Waals surface area contributed by atoms with E-state index in [0.717, 1.165) is 33.5 Å². The molecule has 0 unspecified atom stereocenters. The fraction of sp³-hybridized carbons (Fsp3) is 0.217. The van der Waals surface area contributed by atoms with Crippen LogP contribution in [0.2, 0.25) is 5.02 Å². The lowest BCUT2D eigenvalue weighted by molar-refractivity contribution is 0.301. The SMILES string of the molecule is Cc1cnc(-c2ccc(COc3c(C)cccc3-n3nnn(C)c3=O)c(C)c2)c(Cl)c1. The van der Waals surface area contributed by atoms with E-state index in [9.17, 15) is 4.79 Å². The van der Waals surface area contributed by atoms with Gasteiger partial charge in [-0.05, 0) is 71.7 Å². The second-order valence-corrected chi connectivity index (χ2v) is 7.90. The number of tetrazole rings is 1. The Balaban J connectivity index is 1.62. The molecular formula is C23H22ClN5O2. The number of aryl methyl sites for hydroxylation is 4.